The van der Waals surface area contributed by atoms with Gasteiger partial charge < -0.3 is 14.8 Å². The molecular formula is C21H29N3O. The van der Waals surface area contributed by atoms with Crippen LogP contribution in [-0.4, -0.2) is 41.1 Å². The number of rotatable bonds is 6. The highest BCUT2D eigenvalue weighted by molar-refractivity contribution is 5.93. The average molecular weight is 339 g/mol. The van der Waals surface area contributed by atoms with Gasteiger partial charge in [0.1, 0.15) is 5.69 Å². The molecule has 1 aromatic carbocycles. The first kappa shape index (κ1) is 17.7. The zero-order valence-electron chi connectivity index (χ0n) is 15.3. The Kier molecular flexibility index (Phi) is 5.92. The maximum atomic E-state index is 13.2. The predicted molar refractivity (Wildman–Crippen MR) is 102 cm³/mol. The highest BCUT2D eigenvalue weighted by Gasteiger charge is 2.25. The van der Waals surface area contributed by atoms with Crippen LogP contribution in [0.2, 0.25) is 0 Å². The van der Waals surface area contributed by atoms with Crippen molar-refractivity contribution in [3.8, 4) is 0 Å². The van der Waals surface area contributed by atoms with Crippen molar-refractivity contribution in [2.24, 2.45) is 5.92 Å². The number of carbonyl (C=O) groups excluding carboxylic acids is 1. The van der Waals surface area contributed by atoms with E-state index < -0.39 is 0 Å². The van der Waals surface area contributed by atoms with E-state index >= 15 is 0 Å². The summed E-state index contributed by atoms with van der Waals surface area (Å²) in [6.45, 7) is 7.94. The van der Waals surface area contributed by atoms with Crippen molar-refractivity contribution in [2.75, 3.05) is 19.6 Å². The molecule has 2 heterocycles. The molecule has 1 aliphatic heterocycles. The zero-order valence-corrected chi connectivity index (χ0v) is 15.3. The van der Waals surface area contributed by atoms with Crippen LogP contribution in [0.25, 0.3) is 0 Å². The molecule has 0 aliphatic carbocycles. The molecule has 134 valence electrons. The van der Waals surface area contributed by atoms with Gasteiger partial charge in [-0.15, -0.1) is 0 Å². The lowest BCUT2D eigenvalue weighted by Crippen LogP contribution is -2.43. The van der Waals surface area contributed by atoms with Gasteiger partial charge in [-0.1, -0.05) is 30.3 Å². The van der Waals surface area contributed by atoms with Crippen LogP contribution in [0.4, 0.5) is 0 Å². The topological polar surface area (TPSA) is 37.3 Å². The smallest absolute Gasteiger partial charge is 0.270 e. The van der Waals surface area contributed by atoms with E-state index in [-0.39, 0.29) is 11.9 Å². The van der Waals surface area contributed by atoms with Crippen LogP contribution in [0.5, 0.6) is 0 Å². The Labute approximate surface area is 150 Å². The molecule has 25 heavy (non-hydrogen) atoms. The lowest BCUT2D eigenvalue weighted by Gasteiger charge is -2.33. The molecule has 1 fully saturated rings. The van der Waals surface area contributed by atoms with E-state index in [9.17, 15) is 4.79 Å². The lowest BCUT2D eigenvalue weighted by atomic mass is 9.97. The summed E-state index contributed by atoms with van der Waals surface area (Å²) < 4.78 is 2.06. The van der Waals surface area contributed by atoms with Crippen molar-refractivity contribution in [1.82, 2.24) is 14.8 Å². The summed E-state index contributed by atoms with van der Waals surface area (Å²) in [5, 5.41) is 3.40. The number of hydrogen-bond acceptors (Lipinski definition) is 2. The maximum absolute atomic E-state index is 13.2. The summed E-state index contributed by atoms with van der Waals surface area (Å²) in [7, 11) is 0. The molecule has 1 N–H and O–H groups in total. The quantitative estimate of drug-likeness (QED) is 0.876. The molecule has 3 rings (SSSR count). The Hall–Kier alpha value is -2.07. The van der Waals surface area contributed by atoms with E-state index in [0.717, 1.165) is 44.7 Å². The number of hydrogen-bond donors (Lipinski definition) is 1. The third kappa shape index (κ3) is 4.51. The number of benzene rings is 1. The SMILES string of the molecule is CC(C)N(CC1CCNCC1)C(=O)c1cccn1Cc1ccccc1. The van der Waals surface area contributed by atoms with Crippen LogP contribution >= 0.6 is 0 Å². The van der Waals surface area contributed by atoms with Crippen molar-refractivity contribution < 1.29 is 4.79 Å². The van der Waals surface area contributed by atoms with E-state index in [1.807, 2.05) is 41.4 Å². The minimum Gasteiger partial charge on any atom is -0.339 e. The zero-order chi connectivity index (χ0) is 17.6. The Bertz CT molecular complexity index is 671. The molecule has 0 saturated carbocycles. The van der Waals surface area contributed by atoms with Gasteiger partial charge in [-0.05, 0) is 63.4 Å². The van der Waals surface area contributed by atoms with Gasteiger partial charge >= 0.3 is 0 Å². The summed E-state index contributed by atoms with van der Waals surface area (Å²) in [6.07, 6.45) is 4.31. The second-order valence-corrected chi connectivity index (χ2v) is 7.25. The molecule has 1 aromatic heterocycles. The fourth-order valence-electron chi connectivity index (χ4n) is 3.54. The number of piperidine rings is 1. The number of amides is 1. The van der Waals surface area contributed by atoms with Crippen LogP contribution < -0.4 is 5.32 Å². The average Bonchev–Trinajstić information content (AvgIpc) is 3.09. The summed E-state index contributed by atoms with van der Waals surface area (Å²) in [5.74, 6) is 0.750. The Balaban J connectivity index is 1.74. The number of nitrogens with one attached hydrogen (secondary N) is 1. The second kappa shape index (κ2) is 8.34. The molecular weight excluding hydrogens is 310 g/mol. The van der Waals surface area contributed by atoms with E-state index in [1.165, 1.54) is 5.56 Å². The molecule has 2 aromatic rings. The first-order valence-corrected chi connectivity index (χ1v) is 9.36. The van der Waals surface area contributed by atoms with Gasteiger partial charge in [0, 0.05) is 25.3 Å². The van der Waals surface area contributed by atoms with Gasteiger partial charge in [0.05, 0.1) is 0 Å². The highest BCUT2D eigenvalue weighted by atomic mass is 16.2. The maximum Gasteiger partial charge on any atom is 0.270 e. The fraction of sp³-hybridized carbons (Fsp3) is 0.476. The van der Waals surface area contributed by atoms with E-state index in [1.54, 1.807) is 0 Å². The summed E-state index contributed by atoms with van der Waals surface area (Å²) in [4.78, 5) is 15.3. The summed E-state index contributed by atoms with van der Waals surface area (Å²) in [5.41, 5.74) is 1.99. The number of nitrogens with zero attached hydrogens (tertiary/aromatic N) is 2. The summed E-state index contributed by atoms with van der Waals surface area (Å²) in [6, 6.07) is 14.4. The molecule has 1 amide bonds. The normalized spacial score (nSPS) is 15.5. The van der Waals surface area contributed by atoms with Crippen LogP contribution in [-0.2, 0) is 6.54 Å². The molecule has 4 heteroatoms. The van der Waals surface area contributed by atoms with E-state index in [4.69, 9.17) is 0 Å². The molecule has 0 bridgehead atoms. The van der Waals surface area contributed by atoms with E-state index in [0.29, 0.717) is 5.92 Å². The largest absolute Gasteiger partial charge is 0.339 e. The minimum absolute atomic E-state index is 0.148. The van der Waals surface area contributed by atoms with Crippen LogP contribution in [0.1, 0.15) is 42.7 Å². The molecule has 0 radical (unpaired) electrons. The Morgan fingerprint density at radius 3 is 2.56 bits per heavy atom. The minimum atomic E-state index is 0.148. The first-order chi connectivity index (χ1) is 12.1. The fourth-order valence-corrected chi connectivity index (χ4v) is 3.54. The third-order valence-corrected chi connectivity index (χ3v) is 5.04. The number of aromatic nitrogens is 1. The van der Waals surface area contributed by atoms with Crippen LogP contribution in [0.3, 0.4) is 0 Å². The van der Waals surface area contributed by atoms with E-state index in [2.05, 4.69) is 35.9 Å². The van der Waals surface area contributed by atoms with Gasteiger partial charge in [-0.3, -0.25) is 4.79 Å². The van der Waals surface area contributed by atoms with Gasteiger partial charge in [0.15, 0.2) is 0 Å². The molecule has 0 atom stereocenters. The van der Waals surface area contributed by atoms with Gasteiger partial charge in [-0.2, -0.15) is 0 Å². The van der Waals surface area contributed by atoms with Crippen molar-refractivity contribution in [3.05, 3.63) is 59.9 Å². The van der Waals surface area contributed by atoms with Crippen LogP contribution in [0, 0.1) is 5.92 Å². The van der Waals surface area contributed by atoms with Gasteiger partial charge in [0.2, 0.25) is 0 Å². The van der Waals surface area contributed by atoms with Crippen molar-refractivity contribution in [1.29, 1.82) is 0 Å². The first-order valence-electron chi connectivity index (χ1n) is 9.36. The Morgan fingerprint density at radius 2 is 1.88 bits per heavy atom. The standard InChI is InChI=1S/C21H29N3O/c1-17(2)24(16-19-10-12-22-13-11-19)21(25)20-9-6-14-23(20)15-18-7-4-3-5-8-18/h3-9,14,17,19,22H,10-13,15-16H2,1-2H3. The van der Waals surface area contributed by atoms with Crippen LogP contribution in [0.15, 0.2) is 48.7 Å². The van der Waals surface area contributed by atoms with Crippen molar-refractivity contribution in [2.45, 2.75) is 39.3 Å². The predicted octanol–water partition coefficient (Wildman–Crippen LogP) is 3.39. The molecule has 4 nitrogen and oxygen atoms in total. The third-order valence-electron chi connectivity index (χ3n) is 5.04. The lowest BCUT2D eigenvalue weighted by molar-refractivity contribution is 0.0647. The summed E-state index contributed by atoms with van der Waals surface area (Å²) >= 11 is 0. The number of carbonyl (C=O) groups is 1. The highest BCUT2D eigenvalue weighted by Crippen LogP contribution is 2.18. The van der Waals surface area contributed by atoms with Crippen molar-refractivity contribution >= 4 is 5.91 Å². The monoisotopic (exact) mass is 339 g/mol. The molecule has 0 spiro atoms. The Morgan fingerprint density at radius 1 is 1.16 bits per heavy atom. The molecule has 1 saturated heterocycles. The second-order valence-electron chi connectivity index (χ2n) is 7.25. The van der Waals surface area contributed by atoms with Gasteiger partial charge in [0.25, 0.3) is 5.91 Å². The molecule has 1 aliphatic rings. The van der Waals surface area contributed by atoms with Gasteiger partial charge in [-0.25, -0.2) is 0 Å². The molecule has 0 unspecified atom stereocenters. The van der Waals surface area contributed by atoms with Crippen molar-refractivity contribution in [3.63, 3.8) is 0 Å².